The molecule has 0 spiro atoms. The minimum absolute atomic E-state index is 0.0219. The van der Waals surface area contributed by atoms with Crippen LogP contribution < -0.4 is 5.32 Å². The predicted molar refractivity (Wildman–Crippen MR) is 101 cm³/mol. The molecule has 1 aromatic carbocycles. The molecule has 2 aliphatic heterocycles. The monoisotopic (exact) mass is 373 g/mol. The van der Waals surface area contributed by atoms with Crippen LogP contribution in [0.2, 0.25) is 0 Å². The second kappa shape index (κ2) is 8.41. The smallest absolute Gasteiger partial charge is 0.409 e. The van der Waals surface area contributed by atoms with E-state index in [2.05, 4.69) is 5.32 Å². The maximum Gasteiger partial charge on any atom is 0.409 e. The van der Waals surface area contributed by atoms with Crippen molar-refractivity contribution in [2.45, 2.75) is 39.2 Å². The van der Waals surface area contributed by atoms with Crippen molar-refractivity contribution >= 4 is 23.6 Å². The Hall–Kier alpha value is -2.57. The van der Waals surface area contributed by atoms with Gasteiger partial charge in [-0.1, -0.05) is 17.7 Å². The Morgan fingerprint density at radius 3 is 2.48 bits per heavy atom. The minimum atomic E-state index is -0.332. The molecule has 2 aliphatic rings. The first-order valence-electron chi connectivity index (χ1n) is 9.56. The summed E-state index contributed by atoms with van der Waals surface area (Å²) < 4.78 is 5.03. The van der Waals surface area contributed by atoms with Gasteiger partial charge in [0, 0.05) is 37.8 Å². The molecule has 0 radical (unpaired) electrons. The lowest BCUT2D eigenvalue weighted by molar-refractivity contribution is -0.130. The van der Waals surface area contributed by atoms with Crippen LogP contribution >= 0.6 is 0 Å². The summed E-state index contributed by atoms with van der Waals surface area (Å²) in [4.78, 5) is 40.3. The molecule has 27 heavy (non-hydrogen) atoms. The standard InChI is InChI=1S/C20H27N3O4/c1-3-27-20(26)22-10-8-17(9-11-22)23-13-15(12-18(23)24)19(25)21-16-6-4-14(2)5-7-16/h4-7,15,17H,3,8-13H2,1-2H3,(H,21,25). The zero-order valence-electron chi connectivity index (χ0n) is 15.9. The molecular formula is C20H27N3O4. The number of rotatable bonds is 4. The van der Waals surface area contributed by atoms with Crippen molar-refractivity contribution in [1.29, 1.82) is 0 Å². The summed E-state index contributed by atoms with van der Waals surface area (Å²) in [5, 5.41) is 2.90. The van der Waals surface area contributed by atoms with Gasteiger partial charge in [-0.3, -0.25) is 9.59 Å². The minimum Gasteiger partial charge on any atom is -0.450 e. The second-order valence-electron chi connectivity index (χ2n) is 7.22. The van der Waals surface area contributed by atoms with Gasteiger partial charge in [0.2, 0.25) is 11.8 Å². The molecule has 1 atom stereocenters. The lowest BCUT2D eigenvalue weighted by Crippen LogP contribution is -2.47. The van der Waals surface area contributed by atoms with Gasteiger partial charge < -0.3 is 19.9 Å². The van der Waals surface area contributed by atoms with Crippen LogP contribution in [0.5, 0.6) is 0 Å². The average molecular weight is 373 g/mol. The van der Waals surface area contributed by atoms with E-state index in [0.29, 0.717) is 26.2 Å². The summed E-state index contributed by atoms with van der Waals surface area (Å²) in [6.45, 7) is 5.74. The number of amides is 3. The maximum absolute atomic E-state index is 12.5. The SMILES string of the molecule is CCOC(=O)N1CCC(N2CC(C(=O)Nc3ccc(C)cc3)CC2=O)CC1. The number of carbonyl (C=O) groups excluding carboxylic acids is 3. The number of hydrogen-bond acceptors (Lipinski definition) is 4. The number of nitrogens with zero attached hydrogens (tertiary/aromatic N) is 2. The molecule has 146 valence electrons. The summed E-state index contributed by atoms with van der Waals surface area (Å²) in [6.07, 6.45) is 1.39. The number of likely N-dealkylation sites (tertiary alicyclic amines) is 2. The molecule has 0 saturated carbocycles. The fourth-order valence-corrected chi connectivity index (χ4v) is 3.72. The van der Waals surface area contributed by atoms with E-state index in [0.717, 1.165) is 24.1 Å². The Labute approximate surface area is 159 Å². The highest BCUT2D eigenvalue weighted by atomic mass is 16.6. The van der Waals surface area contributed by atoms with Crippen LogP contribution in [-0.2, 0) is 14.3 Å². The fraction of sp³-hybridized carbons (Fsp3) is 0.550. The Morgan fingerprint density at radius 2 is 1.85 bits per heavy atom. The summed E-state index contributed by atoms with van der Waals surface area (Å²) in [6, 6.07) is 7.71. The molecule has 0 bridgehead atoms. The Kier molecular flexibility index (Phi) is 5.98. The Morgan fingerprint density at radius 1 is 1.19 bits per heavy atom. The third-order valence-corrected chi connectivity index (χ3v) is 5.28. The molecule has 2 heterocycles. The molecule has 0 aliphatic carbocycles. The van der Waals surface area contributed by atoms with E-state index < -0.39 is 0 Å². The van der Waals surface area contributed by atoms with E-state index >= 15 is 0 Å². The number of benzene rings is 1. The van der Waals surface area contributed by atoms with Gasteiger partial charge in [0.15, 0.2) is 0 Å². The topological polar surface area (TPSA) is 79.0 Å². The number of hydrogen-bond donors (Lipinski definition) is 1. The van der Waals surface area contributed by atoms with Crippen molar-refractivity contribution in [2.24, 2.45) is 5.92 Å². The van der Waals surface area contributed by atoms with E-state index in [1.54, 1.807) is 11.8 Å². The maximum atomic E-state index is 12.5. The third-order valence-electron chi connectivity index (χ3n) is 5.28. The fourth-order valence-electron chi connectivity index (χ4n) is 3.72. The highest BCUT2D eigenvalue weighted by Gasteiger charge is 2.39. The molecule has 7 heteroatoms. The summed E-state index contributed by atoms with van der Waals surface area (Å²) in [5.74, 6) is -0.422. The van der Waals surface area contributed by atoms with Crippen LogP contribution in [0.1, 0.15) is 31.7 Å². The second-order valence-corrected chi connectivity index (χ2v) is 7.22. The van der Waals surface area contributed by atoms with Crippen LogP contribution in [0.25, 0.3) is 0 Å². The average Bonchev–Trinajstić information content (AvgIpc) is 3.06. The summed E-state index contributed by atoms with van der Waals surface area (Å²) >= 11 is 0. The molecule has 1 aromatic rings. The summed E-state index contributed by atoms with van der Waals surface area (Å²) in [5.41, 5.74) is 1.88. The van der Waals surface area contributed by atoms with Crippen molar-refractivity contribution in [2.75, 3.05) is 31.6 Å². The number of ether oxygens (including phenoxy) is 1. The molecule has 7 nitrogen and oxygen atoms in total. The van der Waals surface area contributed by atoms with Gasteiger partial charge in [-0.25, -0.2) is 4.79 Å². The van der Waals surface area contributed by atoms with Crippen LogP contribution in [0.4, 0.5) is 10.5 Å². The predicted octanol–water partition coefficient (Wildman–Crippen LogP) is 2.40. The number of piperidine rings is 1. The Bertz CT molecular complexity index is 696. The zero-order valence-corrected chi connectivity index (χ0v) is 15.9. The quantitative estimate of drug-likeness (QED) is 0.879. The molecule has 3 rings (SSSR count). The van der Waals surface area contributed by atoms with Crippen LogP contribution in [-0.4, -0.2) is 60.0 Å². The van der Waals surface area contributed by atoms with Gasteiger partial charge in [-0.05, 0) is 38.8 Å². The van der Waals surface area contributed by atoms with Gasteiger partial charge in [-0.15, -0.1) is 0 Å². The third kappa shape index (κ3) is 4.59. The van der Waals surface area contributed by atoms with Crippen molar-refractivity contribution in [3.63, 3.8) is 0 Å². The molecule has 2 fully saturated rings. The highest BCUT2D eigenvalue weighted by Crippen LogP contribution is 2.26. The van der Waals surface area contributed by atoms with E-state index in [1.165, 1.54) is 0 Å². The first-order chi connectivity index (χ1) is 13.0. The van der Waals surface area contributed by atoms with Gasteiger partial charge >= 0.3 is 6.09 Å². The zero-order chi connectivity index (χ0) is 19.4. The normalized spacial score (nSPS) is 20.7. The van der Waals surface area contributed by atoms with Gasteiger partial charge in [0.1, 0.15) is 0 Å². The van der Waals surface area contributed by atoms with Crippen molar-refractivity contribution in [1.82, 2.24) is 9.80 Å². The lowest BCUT2D eigenvalue weighted by atomic mass is 10.0. The van der Waals surface area contributed by atoms with Crippen molar-refractivity contribution < 1.29 is 19.1 Å². The van der Waals surface area contributed by atoms with E-state index in [1.807, 2.05) is 36.1 Å². The lowest BCUT2D eigenvalue weighted by Gasteiger charge is -2.36. The molecule has 0 aromatic heterocycles. The molecule has 2 saturated heterocycles. The number of aryl methyl sites for hydroxylation is 1. The largest absolute Gasteiger partial charge is 0.450 e. The van der Waals surface area contributed by atoms with Crippen molar-refractivity contribution in [3.05, 3.63) is 29.8 Å². The molecule has 3 amide bonds. The van der Waals surface area contributed by atoms with Crippen LogP contribution in [0.15, 0.2) is 24.3 Å². The molecular weight excluding hydrogens is 346 g/mol. The van der Waals surface area contributed by atoms with E-state index in [-0.39, 0.29) is 36.3 Å². The number of anilines is 1. The van der Waals surface area contributed by atoms with E-state index in [9.17, 15) is 14.4 Å². The van der Waals surface area contributed by atoms with Gasteiger partial charge in [0.05, 0.1) is 12.5 Å². The highest BCUT2D eigenvalue weighted by molar-refractivity contribution is 5.97. The number of nitrogens with one attached hydrogen (secondary N) is 1. The van der Waals surface area contributed by atoms with Crippen LogP contribution in [0, 0.1) is 12.8 Å². The van der Waals surface area contributed by atoms with Crippen molar-refractivity contribution in [3.8, 4) is 0 Å². The van der Waals surface area contributed by atoms with Crippen LogP contribution in [0.3, 0.4) is 0 Å². The van der Waals surface area contributed by atoms with Gasteiger partial charge in [-0.2, -0.15) is 0 Å². The van der Waals surface area contributed by atoms with Gasteiger partial charge in [0.25, 0.3) is 0 Å². The first kappa shape index (κ1) is 19.2. The van der Waals surface area contributed by atoms with E-state index in [4.69, 9.17) is 4.74 Å². The summed E-state index contributed by atoms with van der Waals surface area (Å²) in [7, 11) is 0. The number of carbonyl (C=O) groups is 3. The Balaban J connectivity index is 1.52. The molecule has 1 N–H and O–H groups in total. The first-order valence-corrected chi connectivity index (χ1v) is 9.56. The molecule has 1 unspecified atom stereocenters.